The fourth-order valence-electron chi connectivity index (χ4n) is 2.50. The fourth-order valence-corrected chi connectivity index (χ4v) is 2.50. The highest BCUT2D eigenvalue weighted by molar-refractivity contribution is 5.67. The zero-order chi connectivity index (χ0) is 17.1. The average Bonchev–Trinajstić information content (AvgIpc) is 2.61. The van der Waals surface area contributed by atoms with Gasteiger partial charge in [0.1, 0.15) is 17.7 Å². The van der Waals surface area contributed by atoms with Crippen LogP contribution in [-0.2, 0) is 6.42 Å². The minimum atomic E-state index is -0.581. The summed E-state index contributed by atoms with van der Waals surface area (Å²) in [7, 11) is 0. The van der Waals surface area contributed by atoms with Crippen molar-refractivity contribution in [2.24, 2.45) is 0 Å². The Kier molecular flexibility index (Phi) is 4.35. The lowest BCUT2D eigenvalue weighted by Gasteiger charge is -2.07. The minimum Gasteiger partial charge on any atom is -0.256 e. The van der Waals surface area contributed by atoms with Crippen LogP contribution in [0.25, 0.3) is 22.4 Å². The number of halogens is 2. The van der Waals surface area contributed by atoms with E-state index in [1.54, 1.807) is 36.5 Å². The molecule has 0 atom stereocenters. The lowest BCUT2D eigenvalue weighted by molar-refractivity contribution is 0.624. The van der Waals surface area contributed by atoms with Crippen LogP contribution in [-0.4, -0.2) is 4.98 Å². The quantitative estimate of drug-likeness (QED) is 0.671. The van der Waals surface area contributed by atoms with Gasteiger partial charge in [-0.15, -0.1) is 0 Å². The van der Waals surface area contributed by atoms with E-state index in [4.69, 9.17) is 5.26 Å². The third kappa shape index (κ3) is 3.02. The van der Waals surface area contributed by atoms with Gasteiger partial charge in [-0.05, 0) is 36.2 Å². The van der Waals surface area contributed by atoms with Crippen molar-refractivity contribution >= 4 is 0 Å². The van der Waals surface area contributed by atoms with Crippen LogP contribution >= 0.6 is 0 Å². The van der Waals surface area contributed by atoms with E-state index in [0.29, 0.717) is 22.4 Å². The molecule has 1 aromatic heterocycles. The van der Waals surface area contributed by atoms with Gasteiger partial charge in [-0.2, -0.15) is 5.26 Å². The minimum absolute atomic E-state index is 0.00606. The van der Waals surface area contributed by atoms with Crippen molar-refractivity contribution in [3.05, 3.63) is 77.5 Å². The van der Waals surface area contributed by atoms with Gasteiger partial charge < -0.3 is 0 Å². The molecule has 2 aromatic carbocycles. The molecule has 0 unspecified atom stereocenters. The molecule has 2 nitrogen and oxygen atoms in total. The van der Waals surface area contributed by atoms with Crippen molar-refractivity contribution in [3.63, 3.8) is 0 Å². The van der Waals surface area contributed by atoms with E-state index in [-0.39, 0.29) is 11.4 Å². The molecule has 0 saturated heterocycles. The highest BCUT2D eigenvalue weighted by atomic mass is 19.1. The topological polar surface area (TPSA) is 36.7 Å². The number of nitrogens with zero attached hydrogens (tertiary/aromatic N) is 2. The van der Waals surface area contributed by atoms with Crippen LogP contribution in [0.4, 0.5) is 8.78 Å². The summed E-state index contributed by atoms with van der Waals surface area (Å²) in [4.78, 5) is 4.29. The summed E-state index contributed by atoms with van der Waals surface area (Å²) in [6.07, 6.45) is 2.34. The zero-order valence-corrected chi connectivity index (χ0v) is 13.1. The first-order valence-electron chi connectivity index (χ1n) is 7.57. The Hall–Kier alpha value is -3.06. The largest absolute Gasteiger partial charge is 0.256 e. The molecular weight excluding hydrogens is 306 g/mol. The predicted molar refractivity (Wildman–Crippen MR) is 89.1 cm³/mol. The summed E-state index contributed by atoms with van der Waals surface area (Å²) in [5.74, 6) is -0.865. The van der Waals surface area contributed by atoms with Crippen molar-refractivity contribution in [1.82, 2.24) is 4.98 Å². The first-order valence-corrected chi connectivity index (χ1v) is 7.57. The number of rotatable bonds is 3. The lowest BCUT2D eigenvalue weighted by atomic mass is 10.0. The van der Waals surface area contributed by atoms with Gasteiger partial charge >= 0.3 is 0 Å². The van der Waals surface area contributed by atoms with E-state index in [9.17, 15) is 8.78 Å². The van der Waals surface area contributed by atoms with E-state index < -0.39 is 5.82 Å². The highest BCUT2D eigenvalue weighted by Gasteiger charge is 2.09. The molecule has 1 heterocycles. The van der Waals surface area contributed by atoms with Crippen LogP contribution in [0.3, 0.4) is 0 Å². The predicted octanol–water partition coefficient (Wildman–Crippen LogP) is 5.13. The number of hydrogen-bond donors (Lipinski definition) is 0. The van der Waals surface area contributed by atoms with Gasteiger partial charge in [0.2, 0.25) is 0 Å². The van der Waals surface area contributed by atoms with Crippen molar-refractivity contribution in [3.8, 4) is 28.5 Å². The molecule has 24 heavy (non-hydrogen) atoms. The van der Waals surface area contributed by atoms with Crippen LogP contribution in [0.15, 0.2) is 54.7 Å². The van der Waals surface area contributed by atoms with E-state index in [0.717, 1.165) is 12.0 Å². The second-order valence-electron chi connectivity index (χ2n) is 5.41. The van der Waals surface area contributed by atoms with Crippen molar-refractivity contribution in [1.29, 1.82) is 5.26 Å². The van der Waals surface area contributed by atoms with Crippen LogP contribution in [0.2, 0.25) is 0 Å². The Balaban J connectivity index is 1.94. The normalized spacial score (nSPS) is 10.4. The molecule has 0 amide bonds. The third-order valence-electron chi connectivity index (χ3n) is 3.90. The van der Waals surface area contributed by atoms with E-state index in [1.807, 2.05) is 13.0 Å². The van der Waals surface area contributed by atoms with Crippen LogP contribution in [0.1, 0.15) is 18.1 Å². The van der Waals surface area contributed by atoms with Gasteiger partial charge in [0.05, 0.1) is 11.3 Å². The third-order valence-corrected chi connectivity index (χ3v) is 3.90. The van der Waals surface area contributed by atoms with Crippen molar-refractivity contribution < 1.29 is 8.78 Å². The van der Waals surface area contributed by atoms with Crippen molar-refractivity contribution in [2.75, 3.05) is 0 Å². The monoisotopic (exact) mass is 320 g/mol. The second-order valence-corrected chi connectivity index (χ2v) is 5.41. The number of pyridine rings is 1. The molecule has 4 heteroatoms. The Labute approximate surface area is 139 Å². The maximum atomic E-state index is 14.2. The summed E-state index contributed by atoms with van der Waals surface area (Å²) >= 11 is 0. The molecule has 0 N–H and O–H groups in total. The zero-order valence-electron chi connectivity index (χ0n) is 13.1. The standard InChI is InChI=1S/C20H14F2N2/c1-2-13-3-7-17(19(22)9-13)16-6-8-20(24-12-16)14-4-5-15(11-23)18(21)10-14/h3-10,12H,2H2,1H3. The Morgan fingerprint density at radius 2 is 1.75 bits per heavy atom. The van der Waals surface area contributed by atoms with Crippen LogP contribution in [0.5, 0.6) is 0 Å². The van der Waals surface area contributed by atoms with Crippen LogP contribution in [0, 0.1) is 23.0 Å². The first kappa shape index (κ1) is 15.8. The molecular formula is C20H14F2N2. The molecule has 0 aliphatic rings. The molecule has 0 spiro atoms. The van der Waals surface area contributed by atoms with E-state index in [1.165, 1.54) is 18.2 Å². The maximum Gasteiger partial charge on any atom is 0.141 e. The molecule has 3 rings (SSSR count). The Bertz CT molecular complexity index is 925. The van der Waals surface area contributed by atoms with E-state index >= 15 is 0 Å². The molecule has 0 fully saturated rings. The summed E-state index contributed by atoms with van der Waals surface area (Å²) in [5, 5.41) is 8.76. The number of aryl methyl sites for hydroxylation is 1. The molecule has 0 saturated carbocycles. The summed E-state index contributed by atoms with van der Waals surface area (Å²) in [5.41, 5.74) is 3.21. The number of aromatic nitrogens is 1. The first-order chi connectivity index (χ1) is 11.6. The lowest BCUT2D eigenvalue weighted by Crippen LogP contribution is -1.91. The molecule has 3 aromatic rings. The second kappa shape index (κ2) is 6.59. The van der Waals surface area contributed by atoms with Gasteiger partial charge in [-0.1, -0.05) is 31.2 Å². The van der Waals surface area contributed by atoms with Gasteiger partial charge in [-0.3, -0.25) is 4.98 Å². The Morgan fingerprint density at radius 1 is 0.958 bits per heavy atom. The summed E-state index contributed by atoms with van der Waals surface area (Å²) in [6, 6.07) is 14.7. The average molecular weight is 320 g/mol. The van der Waals surface area contributed by atoms with E-state index in [2.05, 4.69) is 4.98 Å². The molecule has 0 aliphatic carbocycles. The highest BCUT2D eigenvalue weighted by Crippen LogP contribution is 2.26. The molecule has 0 radical (unpaired) electrons. The Morgan fingerprint density at radius 3 is 2.33 bits per heavy atom. The van der Waals surface area contributed by atoms with Crippen LogP contribution < -0.4 is 0 Å². The fraction of sp³-hybridized carbons (Fsp3) is 0.100. The van der Waals surface area contributed by atoms with Gasteiger partial charge in [0.25, 0.3) is 0 Å². The summed E-state index contributed by atoms with van der Waals surface area (Å²) < 4.78 is 27.9. The van der Waals surface area contributed by atoms with Gasteiger partial charge in [0.15, 0.2) is 0 Å². The van der Waals surface area contributed by atoms with Gasteiger partial charge in [0, 0.05) is 22.9 Å². The maximum absolute atomic E-state index is 14.2. The SMILES string of the molecule is CCc1ccc(-c2ccc(-c3ccc(C#N)c(F)c3)nc2)c(F)c1. The van der Waals surface area contributed by atoms with Crippen molar-refractivity contribution in [2.45, 2.75) is 13.3 Å². The molecule has 0 bridgehead atoms. The summed E-state index contributed by atoms with van der Waals surface area (Å²) in [6.45, 7) is 1.97. The molecule has 118 valence electrons. The number of hydrogen-bond acceptors (Lipinski definition) is 2. The smallest absolute Gasteiger partial charge is 0.141 e. The molecule has 0 aliphatic heterocycles. The number of benzene rings is 2. The number of nitriles is 1. The van der Waals surface area contributed by atoms with Gasteiger partial charge in [-0.25, -0.2) is 8.78 Å².